The molecule has 0 radical (unpaired) electrons. The molecular weight excluding hydrogens is 358 g/mol. The van der Waals surface area contributed by atoms with E-state index in [9.17, 15) is 4.79 Å². The molecule has 0 unspecified atom stereocenters. The van der Waals surface area contributed by atoms with Crippen molar-refractivity contribution in [3.8, 4) is 0 Å². The van der Waals surface area contributed by atoms with E-state index in [-0.39, 0.29) is 11.3 Å². The maximum Gasteiger partial charge on any atom is 0.226 e. The van der Waals surface area contributed by atoms with E-state index in [1.807, 2.05) is 45.9 Å². The largest absolute Gasteiger partial charge is 0.339 e. The van der Waals surface area contributed by atoms with Crippen LogP contribution in [0.5, 0.6) is 0 Å². The molecule has 0 atom stereocenters. The summed E-state index contributed by atoms with van der Waals surface area (Å²) in [5, 5.41) is 6.91. The summed E-state index contributed by atoms with van der Waals surface area (Å²) in [7, 11) is 0. The fraction of sp³-hybridized carbons (Fsp3) is 0.471. The molecule has 0 aliphatic carbocycles. The van der Waals surface area contributed by atoms with Crippen molar-refractivity contribution in [2.75, 3.05) is 5.32 Å². The smallest absolute Gasteiger partial charge is 0.226 e. The van der Waals surface area contributed by atoms with E-state index in [0.717, 1.165) is 15.7 Å². The van der Waals surface area contributed by atoms with Gasteiger partial charge in [0.2, 0.25) is 11.8 Å². The number of aromatic nitrogens is 2. The molecule has 5 nitrogen and oxygen atoms in total. The molecule has 0 bridgehead atoms. The summed E-state index contributed by atoms with van der Waals surface area (Å²) < 4.78 is 6.17. The van der Waals surface area contributed by atoms with Gasteiger partial charge in [-0.2, -0.15) is 4.98 Å². The Morgan fingerprint density at radius 3 is 2.74 bits per heavy atom. The van der Waals surface area contributed by atoms with Gasteiger partial charge in [-0.3, -0.25) is 4.79 Å². The van der Waals surface area contributed by atoms with Gasteiger partial charge in [0.25, 0.3) is 0 Å². The van der Waals surface area contributed by atoms with Gasteiger partial charge in [0.05, 0.1) is 0 Å². The third-order valence-corrected chi connectivity index (χ3v) is 3.90. The van der Waals surface area contributed by atoms with Crippen LogP contribution in [0.15, 0.2) is 27.2 Å². The number of nitrogens with one attached hydrogen (secondary N) is 1. The average Bonchev–Trinajstić information content (AvgIpc) is 2.92. The fourth-order valence-electron chi connectivity index (χ4n) is 2.00. The van der Waals surface area contributed by atoms with Gasteiger partial charge in [-0.25, -0.2) is 0 Å². The Kier molecular flexibility index (Phi) is 5.57. The van der Waals surface area contributed by atoms with Gasteiger partial charge in [0.15, 0.2) is 5.82 Å². The average molecular weight is 380 g/mol. The zero-order valence-electron chi connectivity index (χ0n) is 13.9. The van der Waals surface area contributed by atoms with Crippen LogP contribution in [-0.2, 0) is 16.6 Å². The van der Waals surface area contributed by atoms with Gasteiger partial charge >= 0.3 is 0 Å². The lowest BCUT2D eigenvalue weighted by Gasteiger charge is -2.10. The van der Waals surface area contributed by atoms with Crippen LogP contribution in [0, 0.1) is 6.92 Å². The van der Waals surface area contributed by atoms with Crippen LogP contribution in [0.1, 0.15) is 50.9 Å². The summed E-state index contributed by atoms with van der Waals surface area (Å²) in [5.41, 5.74) is 1.74. The molecule has 124 valence electrons. The van der Waals surface area contributed by atoms with E-state index in [1.165, 1.54) is 0 Å². The number of aryl methyl sites for hydroxylation is 2. The number of carbonyl (C=O) groups excluding carboxylic acids is 1. The van der Waals surface area contributed by atoms with Gasteiger partial charge in [-0.15, -0.1) is 0 Å². The Morgan fingerprint density at radius 1 is 1.35 bits per heavy atom. The highest BCUT2D eigenvalue weighted by atomic mass is 79.9. The highest BCUT2D eigenvalue weighted by Crippen LogP contribution is 2.21. The number of hydrogen-bond donors (Lipinski definition) is 1. The third kappa shape index (κ3) is 5.16. The molecular formula is C17H22BrN3O2. The topological polar surface area (TPSA) is 68.0 Å². The Morgan fingerprint density at radius 2 is 2.09 bits per heavy atom. The lowest BCUT2D eigenvalue weighted by atomic mass is 9.96. The van der Waals surface area contributed by atoms with E-state index >= 15 is 0 Å². The molecule has 23 heavy (non-hydrogen) atoms. The van der Waals surface area contributed by atoms with Crippen molar-refractivity contribution in [1.29, 1.82) is 0 Å². The normalized spacial score (nSPS) is 11.5. The molecule has 0 aliphatic rings. The van der Waals surface area contributed by atoms with Crippen LogP contribution in [0.3, 0.4) is 0 Å². The lowest BCUT2D eigenvalue weighted by molar-refractivity contribution is -0.116. The van der Waals surface area contributed by atoms with Gasteiger partial charge in [0, 0.05) is 28.4 Å². The Labute approximate surface area is 145 Å². The highest BCUT2D eigenvalue weighted by Gasteiger charge is 2.20. The molecule has 2 aromatic rings. The number of carbonyl (C=O) groups is 1. The number of halogens is 1. The minimum Gasteiger partial charge on any atom is -0.339 e. The molecule has 1 heterocycles. The van der Waals surface area contributed by atoms with E-state index < -0.39 is 0 Å². The summed E-state index contributed by atoms with van der Waals surface area (Å²) in [6.45, 7) is 8.08. The van der Waals surface area contributed by atoms with Crippen molar-refractivity contribution >= 4 is 27.5 Å². The summed E-state index contributed by atoms with van der Waals surface area (Å²) in [5.74, 6) is 1.27. The zero-order chi connectivity index (χ0) is 17.0. The van der Waals surface area contributed by atoms with Gasteiger partial charge < -0.3 is 9.84 Å². The van der Waals surface area contributed by atoms with E-state index in [2.05, 4.69) is 31.4 Å². The van der Waals surface area contributed by atoms with Crippen molar-refractivity contribution < 1.29 is 9.32 Å². The van der Waals surface area contributed by atoms with Crippen LogP contribution < -0.4 is 5.32 Å². The van der Waals surface area contributed by atoms with Crippen LogP contribution >= 0.6 is 15.9 Å². The van der Waals surface area contributed by atoms with E-state index in [0.29, 0.717) is 31.0 Å². The Bertz CT molecular complexity index is 689. The van der Waals surface area contributed by atoms with Gasteiger partial charge in [0.1, 0.15) is 0 Å². The Balaban J connectivity index is 1.83. The van der Waals surface area contributed by atoms with Crippen molar-refractivity contribution in [2.45, 2.75) is 52.4 Å². The first-order valence-electron chi connectivity index (χ1n) is 7.65. The minimum atomic E-state index is -0.128. The lowest BCUT2D eigenvalue weighted by Crippen LogP contribution is -2.13. The van der Waals surface area contributed by atoms with Gasteiger partial charge in [-0.1, -0.05) is 47.9 Å². The molecule has 0 saturated carbocycles. The predicted octanol–water partition coefficient (Wildman–Crippen LogP) is 4.40. The molecule has 2 rings (SSSR count). The fourth-order valence-corrected chi connectivity index (χ4v) is 2.36. The van der Waals surface area contributed by atoms with Crippen LogP contribution in [0.2, 0.25) is 0 Å². The first kappa shape index (κ1) is 17.7. The summed E-state index contributed by atoms with van der Waals surface area (Å²) in [4.78, 5) is 16.4. The van der Waals surface area contributed by atoms with Crippen LogP contribution in [0.25, 0.3) is 0 Å². The molecule has 1 N–H and O–H groups in total. The second-order valence-electron chi connectivity index (χ2n) is 6.62. The van der Waals surface area contributed by atoms with E-state index in [4.69, 9.17) is 4.52 Å². The van der Waals surface area contributed by atoms with Crippen molar-refractivity contribution in [3.63, 3.8) is 0 Å². The zero-order valence-corrected chi connectivity index (χ0v) is 15.5. The van der Waals surface area contributed by atoms with Crippen LogP contribution in [-0.4, -0.2) is 16.0 Å². The first-order valence-corrected chi connectivity index (χ1v) is 8.44. The minimum absolute atomic E-state index is 0.0123. The summed E-state index contributed by atoms with van der Waals surface area (Å²) in [6.07, 6.45) is 1.69. The molecule has 0 fully saturated rings. The number of hydrogen-bond acceptors (Lipinski definition) is 4. The number of rotatable bonds is 5. The molecule has 1 amide bonds. The standard InChI is InChI=1S/C17H22BrN3O2/c1-11-8-9-12(18)10-13(11)19-14(22)6-5-7-15-20-16(21-23-15)17(2,3)4/h8-10H,5-7H2,1-4H3,(H,19,22). The summed E-state index contributed by atoms with van der Waals surface area (Å²) >= 11 is 3.41. The number of anilines is 1. The molecule has 0 aliphatic heterocycles. The maximum absolute atomic E-state index is 12.0. The highest BCUT2D eigenvalue weighted by molar-refractivity contribution is 9.10. The number of benzene rings is 1. The van der Waals surface area contributed by atoms with Crippen molar-refractivity contribution in [2.24, 2.45) is 0 Å². The quantitative estimate of drug-likeness (QED) is 0.835. The van der Waals surface area contributed by atoms with Crippen molar-refractivity contribution in [3.05, 3.63) is 40.0 Å². The molecule has 0 saturated heterocycles. The van der Waals surface area contributed by atoms with Gasteiger partial charge in [-0.05, 0) is 31.0 Å². The number of amides is 1. The SMILES string of the molecule is Cc1ccc(Br)cc1NC(=O)CCCc1nc(C(C)(C)C)no1. The second kappa shape index (κ2) is 7.25. The monoisotopic (exact) mass is 379 g/mol. The van der Waals surface area contributed by atoms with E-state index in [1.54, 1.807) is 0 Å². The third-order valence-electron chi connectivity index (χ3n) is 3.41. The Hall–Kier alpha value is -1.69. The first-order chi connectivity index (χ1) is 10.8. The molecule has 0 spiro atoms. The van der Waals surface area contributed by atoms with Crippen molar-refractivity contribution in [1.82, 2.24) is 10.1 Å². The molecule has 6 heteroatoms. The maximum atomic E-state index is 12.0. The summed E-state index contributed by atoms with van der Waals surface area (Å²) in [6, 6.07) is 5.82. The molecule has 1 aromatic carbocycles. The van der Waals surface area contributed by atoms with Crippen LogP contribution in [0.4, 0.5) is 5.69 Å². The predicted molar refractivity (Wildman–Crippen MR) is 93.4 cm³/mol. The second-order valence-corrected chi connectivity index (χ2v) is 7.54. The number of nitrogens with zero attached hydrogens (tertiary/aromatic N) is 2. The molecule has 1 aromatic heterocycles.